The van der Waals surface area contributed by atoms with Crippen LogP contribution in [0.3, 0.4) is 0 Å². The van der Waals surface area contributed by atoms with Gasteiger partial charge in [-0.15, -0.1) is 0 Å². The van der Waals surface area contributed by atoms with Gasteiger partial charge in [0, 0.05) is 24.7 Å². The first-order valence-electron chi connectivity index (χ1n) is 10.1. The summed E-state index contributed by atoms with van der Waals surface area (Å²) in [6, 6.07) is 7.18. The number of halogens is 1. The van der Waals surface area contributed by atoms with Crippen molar-refractivity contribution in [3.8, 4) is 0 Å². The zero-order valence-corrected chi connectivity index (χ0v) is 17.7. The highest BCUT2D eigenvalue weighted by Crippen LogP contribution is 2.24. The predicted octanol–water partition coefficient (Wildman–Crippen LogP) is 4.26. The monoisotopic (exact) mass is 431 g/mol. The van der Waals surface area contributed by atoms with E-state index in [0.29, 0.717) is 31.6 Å². The number of amides is 3. The van der Waals surface area contributed by atoms with E-state index in [0.717, 1.165) is 6.07 Å². The Morgan fingerprint density at radius 3 is 2.45 bits per heavy atom. The molecular formula is C22H26FN3O5. The van der Waals surface area contributed by atoms with Crippen LogP contribution < -0.4 is 10.6 Å². The fourth-order valence-electron chi connectivity index (χ4n) is 3.26. The van der Waals surface area contributed by atoms with E-state index in [2.05, 4.69) is 10.6 Å². The molecule has 31 heavy (non-hydrogen) atoms. The SMILES string of the molecule is CC(C)(C)OC(=O)Nc1cc(NC(=O)C2CCN(C(=O)c3ccco3)CC2)ccc1F. The summed E-state index contributed by atoms with van der Waals surface area (Å²) < 4.78 is 24.3. The number of furan rings is 1. The molecule has 0 unspecified atom stereocenters. The normalized spacial score (nSPS) is 14.8. The largest absolute Gasteiger partial charge is 0.459 e. The van der Waals surface area contributed by atoms with Gasteiger partial charge in [0.05, 0.1) is 12.0 Å². The Kier molecular flexibility index (Phi) is 6.62. The minimum absolute atomic E-state index is 0.0917. The van der Waals surface area contributed by atoms with Crippen LogP contribution >= 0.6 is 0 Å². The van der Waals surface area contributed by atoms with Crippen LogP contribution in [0.4, 0.5) is 20.6 Å². The van der Waals surface area contributed by atoms with Gasteiger partial charge >= 0.3 is 6.09 Å². The lowest BCUT2D eigenvalue weighted by Gasteiger charge is -2.30. The Balaban J connectivity index is 1.56. The lowest BCUT2D eigenvalue weighted by Crippen LogP contribution is -2.41. The summed E-state index contributed by atoms with van der Waals surface area (Å²) in [6.45, 7) is 5.98. The smallest absolute Gasteiger partial charge is 0.412 e. The fraction of sp³-hybridized carbons (Fsp3) is 0.409. The van der Waals surface area contributed by atoms with Crippen LogP contribution in [0.2, 0.25) is 0 Å². The second-order valence-corrected chi connectivity index (χ2v) is 8.35. The topological polar surface area (TPSA) is 101 Å². The molecule has 2 heterocycles. The number of anilines is 2. The van der Waals surface area contributed by atoms with Crippen molar-refractivity contribution in [1.29, 1.82) is 0 Å². The van der Waals surface area contributed by atoms with E-state index < -0.39 is 17.5 Å². The first kappa shape index (κ1) is 22.3. The number of nitrogens with one attached hydrogen (secondary N) is 2. The van der Waals surface area contributed by atoms with Crippen LogP contribution in [0, 0.1) is 11.7 Å². The lowest BCUT2D eigenvalue weighted by atomic mass is 9.95. The second kappa shape index (κ2) is 9.20. The molecule has 8 nitrogen and oxygen atoms in total. The summed E-state index contributed by atoms with van der Waals surface area (Å²) in [5.41, 5.74) is -0.461. The first-order chi connectivity index (χ1) is 14.6. The van der Waals surface area contributed by atoms with Crippen molar-refractivity contribution in [2.24, 2.45) is 5.92 Å². The van der Waals surface area contributed by atoms with Crippen molar-refractivity contribution < 1.29 is 27.9 Å². The average molecular weight is 431 g/mol. The van der Waals surface area contributed by atoms with Gasteiger partial charge in [0.25, 0.3) is 5.91 Å². The van der Waals surface area contributed by atoms with Crippen LogP contribution in [-0.4, -0.2) is 41.5 Å². The van der Waals surface area contributed by atoms with Crippen LogP contribution in [-0.2, 0) is 9.53 Å². The van der Waals surface area contributed by atoms with Crippen molar-refractivity contribution in [3.63, 3.8) is 0 Å². The average Bonchev–Trinajstić information content (AvgIpc) is 3.23. The number of hydrogen-bond acceptors (Lipinski definition) is 5. The maximum absolute atomic E-state index is 14.1. The summed E-state index contributed by atoms with van der Waals surface area (Å²) in [4.78, 5) is 38.5. The molecule has 1 fully saturated rings. The summed E-state index contributed by atoms with van der Waals surface area (Å²) in [5.74, 6) is -1.07. The number of benzene rings is 1. The minimum Gasteiger partial charge on any atom is -0.459 e. The molecule has 0 saturated carbocycles. The molecule has 0 aliphatic carbocycles. The highest BCUT2D eigenvalue weighted by atomic mass is 19.1. The Morgan fingerprint density at radius 1 is 1.13 bits per heavy atom. The Morgan fingerprint density at radius 2 is 1.84 bits per heavy atom. The Hall–Kier alpha value is -3.36. The van der Waals surface area contributed by atoms with Gasteiger partial charge in [-0.3, -0.25) is 14.9 Å². The number of hydrogen-bond donors (Lipinski definition) is 2. The quantitative estimate of drug-likeness (QED) is 0.753. The minimum atomic E-state index is -0.788. The van der Waals surface area contributed by atoms with Crippen molar-refractivity contribution >= 4 is 29.3 Å². The maximum atomic E-state index is 14.1. The number of likely N-dealkylation sites (tertiary alicyclic amines) is 1. The molecule has 3 rings (SSSR count). The highest BCUT2D eigenvalue weighted by Gasteiger charge is 2.29. The molecule has 1 aliphatic rings. The molecule has 3 amide bonds. The second-order valence-electron chi connectivity index (χ2n) is 8.35. The summed E-state index contributed by atoms with van der Waals surface area (Å²) in [7, 11) is 0. The third-order valence-electron chi connectivity index (χ3n) is 4.75. The molecular weight excluding hydrogens is 405 g/mol. The van der Waals surface area contributed by atoms with E-state index in [-0.39, 0.29) is 29.2 Å². The van der Waals surface area contributed by atoms with E-state index in [9.17, 15) is 18.8 Å². The molecule has 0 atom stereocenters. The molecule has 0 radical (unpaired) electrons. The van der Waals surface area contributed by atoms with E-state index >= 15 is 0 Å². The number of rotatable bonds is 4. The van der Waals surface area contributed by atoms with Gasteiger partial charge in [0.1, 0.15) is 11.4 Å². The number of ether oxygens (including phenoxy) is 1. The maximum Gasteiger partial charge on any atom is 0.412 e. The Bertz CT molecular complexity index is 945. The van der Waals surface area contributed by atoms with E-state index in [1.165, 1.54) is 18.4 Å². The molecule has 9 heteroatoms. The van der Waals surface area contributed by atoms with Crippen molar-refractivity contribution in [2.45, 2.75) is 39.2 Å². The predicted molar refractivity (Wildman–Crippen MR) is 112 cm³/mol. The number of carbonyl (C=O) groups excluding carboxylic acids is 3. The molecule has 1 aliphatic heterocycles. The molecule has 2 aromatic rings. The standard InChI is InChI=1S/C22H26FN3O5/c1-22(2,3)31-21(29)25-17-13-15(6-7-16(17)23)24-19(27)14-8-10-26(11-9-14)20(28)18-5-4-12-30-18/h4-7,12-14H,8-11H2,1-3H3,(H,24,27)(H,25,29). The van der Waals surface area contributed by atoms with Gasteiger partial charge < -0.3 is 19.4 Å². The van der Waals surface area contributed by atoms with E-state index in [4.69, 9.17) is 9.15 Å². The molecule has 1 aromatic carbocycles. The molecule has 1 saturated heterocycles. The van der Waals surface area contributed by atoms with Crippen LogP contribution in [0.25, 0.3) is 0 Å². The molecule has 166 valence electrons. The fourth-order valence-corrected chi connectivity index (χ4v) is 3.26. The van der Waals surface area contributed by atoms with Gasteiger partial charge in [0.2, 0.25) is 5.91 Å². The van der Waals surface area contributed by atoms with Crippen LogP contribution in [0.5, 0.6) is 0 Å². The zero-order valence-electron chi connectivity index (χ0n) is 17.7. The van der Waals surface area contributed by atoms with Crippen LogP contribution in [0.15, 0.2) is 41.0 Å². The Labute approximate surface area is 179 Å². The van der Waals surface area contributed by atoms with Crippen molar-refractivity contribution in [2.75, 3.05) is 23.7 Å². The zero-order chi connectivity index (χ0) is 22.6. The first-order valence-corrected chi connectivity index (χ1v) is 10.1. The van der Waals surface area contributed by atoms with Crippen molar-refractivity contribution in [3.05, 3.63) is 48.2 Å². The summed E-state index contributed by atoms with van der Waals surface area (Å²) in [6.07, 6.45) is 1.66. The molecule has 0 bridgehead atoms. The number of piperidine rings is 1. The van der Waals surface area contributed by atoms with Crippen molar-refractivity contribution in [1.82, 2.24) is 4.90 Å². The van der Waals surface area contributed by atoms with Gasteiger partial charge in [-0.1, -0.05) is 0 Å². The molecule has 2 N–H and O–H groups in total. The molecule has 0 spiro atoms. The van der Waals surface area contributed by atoms with Gasteiger partial charge in [-0.25, -0.2) is 9.18 Å². The lowest BCUT2D eigenvalue weighted by molar-refractivity contribution is -0.121. The number of nitrogens with zero attached hydrogens (tertiary/aromatic N) is 1. The number of carbonyl (C=O) groups is 3. The van der Waals surface area contributed by atoms with Crippen LogP contribution in [0.1, 0.15) is 44.2 Å². The third kappa shape index (κ3) is 6.07. The van der Waals surface area contributed by atoms with Gasteiger partial charge in [-0.05, 0) is 63.9 Å². The highest BCUT2D eigenvalue weighted by molar-refractivity contribution is 5.95. The summed E-state index contributed by atoms with van der Waals surface area (Å²) >= 11 is 0. The van der Waals surface area contributed by atoms with E-state index in [1.807, 2.05) is 0 Å². The van der Waals surface area contributed by atoms with Gasteiger partial charge in [0.15, 0.2) is 5.76 Å². The third-order valence-corrected chi connectivity index (χ3v) is 4.75. The summed E-state index contributed by atoms with van der Waals surface area (Å²) in [5, 5.41) is 5.10. The van der Waals surface area contributed by atoms with Gasteiger partial charge in [-0.2, -0.15) is 0 Å². The molecule has 1 aromatic heterocycles. The van der Waals surface area contributed by atoms with E-state index in [1.54, 1.807) is 37.8 Å².